The summed E-state index contributed by atoms with van der Waals surface area (Å²) in [5.74, 6) is 0. The summed E-state index contributed by atoms with van der Waals surface area (Å²) in [5.41, 5.74) is 2.41. The maximum atomic E-state index is 10.5. The molecule has 3 heteroatoms. The molecule has 22 heavy (non-hydrogen) atoms. The molecule has 0 saturated carbocycles. The fourth-order valence-electron chi connectivity index (χ4n) is 3.35. The quantitative estimate of drug-likeness (QED) is 0.717. The van der Waals surface area contributed by atoms with Gasteiger partial charge >= 0.3 is 0 Å². The number of hydrogen-bond acceptors (Lipinski definition) is 1. The van der Waals surface area contributed by atoms with Gasteiger partial charge in [-0.25, -0.2) is 0 Å². The highest BCUT2D eigenvalue weighted by atomic mass is 16.3. The van der Waals surface area contributed by atoms with Gasteiger partial charge in [0, 0.05) is 21.8 Å². The zero-order valence-corrected chi connectivity index (χ0v) is 13.4. The number of quaternary nitrogens is 1. The van der Waals surface area contributed by atoms with E-state index in [-0.39, 0.29) is 6.10 Å². The molecule has 2 aromatic carbocycles. The molecule has 0 fully saturated rings. The van der Waals surface area contributed by atoms with Crippen LogP contribution >= 0.6 is 0 Å². The lowest BCUT2D eigenvalue weighted by atomic mass is 10.2. The summed E-state index contributed by atoms with van der Waals surface area (Å²) in [4.78, 5) is 1.44. The molecule has 3 rings (SSSR count). The van der Waals surface area contributed by atoms with Crippen molar-refractivity contribution in [3.63, 3.8) is 0 Å². The van der Waals surface area contributed by atoms with Gasteiger partial charge in [0.25, 0.3) is 0 Å². The number of fused-ring (bicyclic) bond motifs is 3. The Morgan fingerprint density at radius 3 is 1.91 bits per heavy atom. The SMILES string of the molecule is CC[NH+](CC)C[C@@H](O)Cn1c2ccccc2c2ccccc21. The van der Waals surface area contributed by atoms with Crippen LogP contribution in [0.1, 0.15) is 13.8 Å². The number of aromatic nitrogens is 1. The fraction of sp³-hybridized carbons (Fsp3) is 0.368. The number of aliphatic hydroxyl groups excluding tert-OH is 1. The van der Waals surface area contributed by atoms with Gasteiger partial charge in [0.1, 0.15) is 12.6 Å². The first-order valence-corrected chi connectivity index (χ1v) is 8.22. The summed E-state index contributed by atoms with van der Waals surface area (Å²) in [6.45, 7) is 7.91. The minimum Gasteiger partial charge on any atom is -0.385 e. The first-order valence-electron chi connectivity index (χ1n) is 8.22. The number of rotatable bonds is 6. The van der Waals surface area contributed by atoms with Crippen molar-refractivity contribution in [2.45, 2.75) is 26.5 Å². The Balaban J connectivity index is 1.98. The third-order valence-electron chi connectivity index (χ3n) is 4.60. The lowest BCUT2D eigenvalue weighted by molar-refractivity contribution is -0.899. The van der Waals surface area contributed by atoms with Crippen LogP contribution in [0.3, 0.4) is 0 Å². The molecule has 0 bridgehead atoms. The first kappa shape index (κ1) is 15.1. The van der Waals surface area contributed by atoms with E-state index >= 15 is 0 Å². The van der Waals surface area contributed by atoms with Crippen LogP contribution in [0.5, 0.6) is 0 Å². The van der Waals surface area contributed by atoms with E-state index in [0.717, 1.165) is 19.6 Å². The van der Waals surface area contributed by atoms with E-state index in [1.165, 1.54) is 26.7 Å². The van der Waals surface area contributed by atoms with Crippen molar-refractivity contribution in [3.05, 3.63) is 48.5 Å². The average molecular weight is 297 g/mol. The van der Waals surface area contributed by atoms with Crippen molar-refractivity contribution in [1.82, 2.24) is 4.57 Å². The van der Waals surface area contributed by atoms with Crippen LogP contribution in [0, 0.1) is 0 Å². The molecule has 0 aliphatic rings. The number of para-hydroxylation sites is 2. The average Bonchev–Trinajstić information content (AvgIpc) is 2.87. The second-order valence-corrected chi connectivity index (χ2v) is 5.96. The van der Waals surface area contributed by atoms with E-state index in [2.05, 4.69) is 66.9 Å². The maximum Gasteiger partial charge on any atom is 0.121 e. The van der Waals surface area contributed by atoms with Crippen molar-refractivity contribution >= 4 is 21.8 Å². The van der Waals surface area contributed by atoms with Gasteiger partial charge in [0.05, 0.1) is 19.6 Å². The van der Waals surface area contributed by atoms with Crippen LogP contribution in [0.4, 0.5) is 0 Å². The van der Waals surface area contributed by atoms with Crippen molar-refractivity contribution in [1.29, 1.82) is 0 Å². The lowest BCUT2D eigenvalue weighted by Crippen LogP contribution is -3.12. The zero-order valence-electron chi connectivity index (χ0n) is 13.4. The topological polar surface area (TPSA) is 29.6 Å². The molecule has 1 heterocycles. The molecular weight excluding hydrogens is 272 g/mol. The Hall–Kier alpha value is -1.84. The van der Waals surface area contributed by atoms with Crippen LogP contribution in [0.2, 0.25) is 0 Å². The highest BCUT2D eigenvalue weighted by molar-refractivity contribution is 6.07. The van der Waals surface area contributed by atoms with Gasteiger partial charge in [-0.1, -0.05) is 36.4 Å². The maximum absolute atomic E-state index is 10.5. The number of nitrogens with zero attached hydrogens (tertiary/aromatic N) is 1. The Morgan fingerprint density at radius 1 is 0.909 bits per heavy atom. The van der Waals surface area contributed by atoms with Gasteiger partial charge in [-0.05, 0) is 26.0 Å². The summed E-state index contributed by atoms with van der Waals surface area (Å²) >= 11 is 0. The Morgan fingerprint density at radius 2 is 1.41 bits per heavy atom. The minimum atomic E-state index is -0.325. The second kappa shape index (κ2) is 6.51. The van der Waals surface area contributed by atoms with Gasteiger partial charge < -0.3 is 14.6 Å². The number of aliphatic hydroxyl groups is 1. The van der Waals surface area contributed by atoms with Gasteiger partial charge in [-0.15, -0.1) is 0 Å². The Labute approximate surface area is 131 Å². The summed E-state index contributed by atoms with van der Waals surface area (Å²) in [6.07, 6.45) is -0.325. The van der Waals surface area contributed by atoms with E-state index in [1.807, 2.05) is 0 Å². The van der Waals surface area contributed by atoms with Crippen molar-refractivity contribution in [2.75, 3.05) is 19.6 Å². The molecule has 0 aliphatic carbocycles. The van der Waals surface area contributed by atoms with Gasteiger partial charge in [-0.2, -0.15) is 0 Å². The number of hydrogen-bond donors (Lipinski definition) is 2. The molecule has 2 N–H and O–H groups in total. The normalized spacial score (nSPS) is 13.3. The third-order valence-corrected chi connectivity index (χ3v) is 4.60. The second-order valence-electron chi connectivity index (χ2n) is 5.96. The first-order chi connectivity index (χ1) is 10.7. The predicted molar refractivity (Wildman–Crippen MR) is 92.4 cm³/mol. The molecule has 0 aliphatic heterocycles. The van der Waals surface area contributed by atoms with Gasteiger partial charge in [0.2, 0.25) is 0 Å². The molecule has 0 radical (unpaired) electrons. The summed E-state index contributed by atoms with van der Waals surface area (Å²) < 4.78 is 2.26. The van der Waals surface area contributed by atoms with Crippen molar-refractivity contribution < 1.29 is 10.0 Å². The monoisotopic (exact) mass is 297 g/mol. The van der Waals surface area contributed by atoms with Crippen molar-refractivity contribution in [3.8, 4) is 0 Å². The fourth-order valence-corrected chi connectivity index (χ4v) is 3.35. The van der Waals surface area contributed by atoms with E-state index in [1.54, 1.807) is 0 Å². The standard InChI is InChI=1S/C19H24N2O/c1-3-20(4-2)13-15(22)14-21-18-11-7-5-9-16(18)17-10-6-8-12-19(17)21/h5-12,15,22H,3-4,13-14H2,1-2H3/p+1/t15-/m1/s1. The largest absolute Gasteiger partial charge is 0.385 e. The third kappa shape index (κ3) is 2.74. The highest BCUT2D eigenvalue weighted by Crippen LogP contribution is 2.28. The number of benzene rings is 2. The van der Waals surface area contributed by atoms with E-state index < -0.39 is 0 Å². The zero-order chi connectivity index (χ0) is 15.5. The van der Waals surface area contributed by atoms with Crippen LogP contribution in [-0.4, -0.2) is 35.4 Å². The number of likely N-dealkylation sites (N-methyl/N-ethyl adjacent to an activating group) is 1. The molecule has 116 valence electrons. The minimum absolute atomic E-state index is 0.325. The highest BCUT2D eigenvalue weighted by Gasteiger charge is 2.16. The summed E-state index contributed by atoms with van der Waals surface area (Å²) in [6, 6.07) is 16.9. The lowest BCUT2D eigenvalue weighted by Gasteiger charge is -2.20. The smallest absolute Gasteiger partial charge is 0.121 e. The van der Waals surface area contributed by atoms with Gasteiger partial charge in [0.15, 0.2) is 0 Å². The van der Waals surface area contributed by atoms with Crippen molar-refractivity contribution in [2.24, 2.45) is 0 Å². The molecule has 1 aromatic heterocycles. The molecular formula is C19H25N2O+. The summed E-state index contributed by atoms with van der Waals surface area (Å²) in [7, 11) is 0. The summed E-state index contributed by atoms with van der Waals surface area (Å²) in [5, 5.41) is 13.1. The number of nitrogens with one attached hydrogen (secondary N) is 1. The van der Waals surface area contributed by atoms with E-state index in [0.29, 0.717) is 6.54 Å². The predicted octanol–water partition coefficient (Wildman–Crippen LogP) is 2.08. The van der Waals surface area contributed by atoms with E-state index in [9.17, 15) is 5.11 Å². The van der Waals surface area contributed by atoms with Crippen LogP contribution < -0.4 is 4.90 Å². The molecule has 0 unspecified atom stereocenters. The van der Waals surface area contributed by atoms with E-state index in [4.69, 9.17) is 0 Å². The Kier molecular flexibility index (Phi) is 4.46. The molecule has 3 aromatic rings. The van der Waals surface area contributed by atoms with Crippen LogP contribution in [0.25, 0.3) is 21.8 Å². The molecule has 1 atom stereocenters. The van der Waals surface area contributed by atoms with Crippen LogP contribution in [0.15, 0.2) is 48.5 Å². The molecule has 3 nitrogen and oxygen atoms in total. The molecule has 0 amide bonds. The Bertz CT molecular complexity index is 705. The van der Waals surface area contributed by atoms with Gasteiger partial charge in [-0.3, -0.25) is 0 Å². The molecule has 0 spiro atoms. The van der Waals surface area contributed by atoms with Crippen LogP contribution in [-0.2, 0) is 6.54 Å². The molecule has 0 saturated heterocycles.